The fourth-order valence-corrected chi connectivity index (χ4v) is 2.35. The van der Waals surface area contributed by atoms with Crippen LogP contribution in [-0.2, 0) is 11.2 Å². The molecule has 2 nitrogen and oxygen atoms in total. The van der Waals surface area contributed by atoms with Crippen LogP contribution in [0.3, 0.4) is 0 Å². The third kappa shape index (κ3) is 1.48. The van der Waals surface area contributed by atoms with Crippen LogP contribution < -0.4 is 0 Å². The van der Waals surface area contributed by atoms with Crippen molar-refractivity contribution in [2.24, 2.45) is 0 Å². The number of carboxylic acids is 1. The van der Waals surface area contributed by atoms with Crippen molar-refractivity contribution >= 4 is 27.4 Å². The maximum absolute atomic E-state index is 13.2. The second-order valence-electron chi connectivity index (χ2n) is 2.95. The van der Waals surface area contributed by atoms with Crippen LogP contribution >= 0.6 is 11.3 Å². The predicted molar refractivity (Wildman–Crippen MR) is 53.1 cm³/mol. The van der Waals surface area contributed by atoms with Crippen molar-refractivity contribution < 1.29 is 14.3 Å². The van der Waals surface area contributed by atoms with E-state index in [1.54, 1.807) is 17.5 Å². The molecule has 0 aliphatic carbocycles. The smallest absolute Gasteiger partial charge is 0.307 e. The van der Waals surface area contributed by atoms with E-state index in [-0.39, 0.29) is 12.2 Å². The average molecular weight is 210 g/mol. The maximum atomic E-state index is 13.2. The molecule has 72 valence electrons. The molecule has 0 atom stereocenters. The molecule has 0 saturated carbocycles. The number of hydrogen-bond acceptors (Lipinski definition) is 2. The first-order valence-electron chi connectivity index (χ1n) is 4.05. The van der Waals surface area contributed by atoms with E-state index in [1.165, 1.54) is 17.4 Å². The van der Waals surface area contributed by atoms with Gasteiger partial charge in [-0.2, -0.15) is 0 Å². The molecule has 1 aromatic carbocycles. The van der Waals surface area contributed by atoms with Crippen LogP contribution in [0.15, 0.2) is 23.6 Å². The molecular weight excluding hydrogens is 203 g/mol. The minimum atomic E-state index is -0.894. The Balaban J connectivity index is 2.58. The van der Waals surface area contributed by atoms with Crippen LogP contribution in [0.5, 0.6) is 0 Å². The van der Waals surface area contributed by atoms with Gasteiger partial charge in [0.25, 0.3) is 0 Å². The van der Waals surface area contributed by atoms with Gasteiger partial charge in [-0.25, -0.2) is 4.39 Å². The highest BCUT2D eigenvalue weighted by Gasteiger charge is 2.09. The van der Waals surface area contributed by atoms with Crippen molar-refractivity contribution in [3.05, 3.63) is 35.0 Å². The van der Waals surface area contributed by atoms with Crippen molar-refractivity contribution in [1.82, 2.24) is 0 Å². The summed E-state index contributed by atoms with van der Waals surface area (Å²) in [6.07, 6.45) is -0.0521. The van der Waals surface area contributed by atoms with E-state index in [0.29, 0.717) is 15.6 Å². The van der Waals surface area contributed by atoms with Crippen LogP contribution in [-0.4, -0.2) is 11.1 Å². The maximum Gasteiger partial charge on any atom is 0.307 e. The highest BCUT2D eigenvalue weighted by atomic mass is 32.1. The highest BCUT2D eigenvalue weighted by Crippen LogP contribution is 2.28. The molecule has 0 spiro atoms. The number of hydrogen-bond donors (Lipinski definition) is 1. The van der Waals surface area contributed by atoms with E-state index in [1.807, 2.05) is 0 Å². The summed E-state index contributed by atoms with van der Waals surface area (Å²) < 4.78 is 13.7. The Kier molecular flexibility index (Phi) is 2.21. The standard InChI is InChI=1S/C10H7FO2S/c11-8-3-1-2-7-6(4-9(12)13)5-14-10(7)8/h1-3,5H,4H2,(H,12,13). The van der Waals surface area contributed by atoms with Crippen LogP contribution in [0.2, 0.25) is 0 Å². The normalized spacial score (nSPS) is 10.6. The van der Waals surface area contributed by atoms with Gasteiger partial charge in [0, 0.05) is 0 Å². The zero-order valence-corrected chi connectivity index (χ0v) is 7.97. The summed E-state index contributed by atoms with van der Waals surface area (Å²) in [6.45, 7) is 0. The summed E-state index contributed by atoms with van der Waals surface area (Å²) in [5, 5.41) is 11.0. The van der Waals surface area contributed by atoms with E-state index in [9.17, 15) is 9.18 Å². The molecule has 0 aliphatic heterocycles. The molecule has 1 aromatic heterocycles. The average Bonchev–Trinajstić information content (AvgIpc) is 2.49. The Hall–Kier alpha value is -1.42. The molecule has 0 fully saturated rings. The molecule has 0 saturated heterocycles. The van der Waals surface area contributed by atoms with E-state index in [2.05, 4.69) is 0 Å². The SMILES string of the molecule is O=C(O)Cc1csc2c(F)cccc12. The van der Waals surface area contributed by atoms with Crippen molar-refractivity contribution in [1.29, 1.82) is 0 Å². The third-order valence-electron chi connectivity index (χ3n) is 1.97. The van der Waals surface area contributed by atoms with Gasteiger partial charge in [-0.1, -0.05) is 12.1 Å². The molecule has 0 bridgehead atoms. The first-order chi connectivity index (χ1) is 6.68. The topological polar surface area (TPSA) is 37.3 Å². The van der Waals surface area contributed by atoms with Gasteiger partial charge in [-0.05, 0) is 22.4 Å². The van der Waals surface area contributed by atoms with E-state index in [0.717, 1.165) is 0 Å². The molecule has 0 unspecified atom stereocenters. The van der Waals surface area contributed by atoms with Crippen molar-refractivity contribution in [2.75, 3.05) is 0 Å². The van der Waals surface area contributed by atoms with Crippen molar-refractivity contribution in [2.45, 2.75) is 6.42 Å². The summed E-state index contributed by atoms with van der Waals surface area (Å²) >= 11 is 1.24. The number of fused-ring (bicyclic) bond motifs is 1. The minimum Gasteiger partial charge on any atom is -0.481 e. The van der Waals surface area contributed by atoms with E-state index < -0.39 is 5.97 Å². The van der Waals surface area contributed by atoms with Crippen molar-refractivity contribution in [3.8, 4) is 0 Å². The van der Waals surface area contributed by atoms with Gasteiger partial charge in [-0.15, -0.1) is 11.3 Å². The van der Waals surface area contributed by atoms with Crippen LogP contribution in [0.4, 0.5) is 4.39 Å². The lowest BCUT2D eigenvalue weighted by molar-refractivity contribution is -0.136. The molecule has 0 amide bonds. The van der Waals surface area contributed by atoms with Gasteiger partial charge in [0.15, 0.2) is 0 Å². The number of thiophene rings is 1. The van der Waals surface area contributed by atoms with Crippen LogP contribution in [0, 0.1) is 5.82 Å². The summed E-state index contributed by atoms with van der Waals surface area (Å²) in [5.41, 5.74) is 0.678. The second kappa shape index (κ2) is 3.38. The van der Waals surface area contributed by atoms with Gasteiger partial charge in [0.05, 0.1) is 11.1 Å². The van der Waals surface area contributed by atoms with E-state index >= 15 is 0 Å². The Bertz CT molecular complexity index is 490. The van der Waals surface area contributed by atoms with Gasteiger partial charge in [0.2, 0.25) is 0 Å². The van der Waals surface area contributed by atoms with Crippen LogP contribution in [0.1, 0.15) is 5.56 Å². The molecule has 1 heterocycles. The lowest BCUT2D eigenvalue weighted by atomic mass is 10.1. The summed E-state index contributed by atoms with van der Waals surface area (Å²) in [4.78, 5) is 10.5. The number of carbonyl (C=O) groups is 1. The number of rotatable bonds is 2. The Morgan fingerprint density at radius 1 is 1.50 bits per heavy atom. The first-order valence-corrected chi connectivity index (χ1v) is 4.93. The molecule has 1 N–H and O–H groups in total. The Labute approximate surface area is 83.6 Å². The Morgan fingerprint density at radius 3 is 3.00 bits per heavy atom. The molecule has 4 heteroatoms. The van der Waals surface area contributed by atoms with Gasteiger partial charge in [-0.3, -0.25) is 4.79 Å². The molecule has 14 heavy (non-hydrogen) atoms. The first kappa shape index (κ1) is 9.15. The number of aliphatic carboxylic acids is 1. The molecule has 0 aliphatic rings. The quantitative estimate of drug-likeness (QED) is 0.827. The largest absolute Gasteiger partial charge is 0.481 e. The molecule has 0 radical (unpaired) electrons. The third-order valence-corrected chi connectivity index (χ3v) is 3.03. The van der Waals surface area contributed by atoms with Gasteiger partial charge < -0.3 is 5.11 Å². The fraction of sp³-hybridized carbons (Fsp3) is 0.100. The number of halogens is 1. The fourth-order valence-electron chi connectivity index (χ4n) is 1.37. The van der Waals surface area contributed by atoms with Gasteiger partial charge >= 0.3 is 5.97 Å². The summed E-state index contributed by atoms with van der Waals surface area (Å²) in [7, 11) is 0. The molecular formula is C10H7FO2S. The van der Waals surface area contributed by atoms with Crippen LogP contribution in [0.25, 0.3) is 10.1 Å². The summed E-state index contributed by atoms with van der Waals surface area (Å²) in [6, 6.07) is 4.71. The summed E-state index contributed by atoms with van der Waals surface area (Å²) in [5.74, 6) is -1.18. The molecule has 2 rings (SSSR count). The lowest BCUT2D eigenvalue weighted by Crippen LogP contribution is -1.98. The minimum absolute atomic E-state index is 0.0521. The zero-order chi connectivity index (χ0) is 10.1. The van der Waals surface area contributed by atoms with E-state index in [4.69, 9.17) is 5.11 Å². The molecule has 2 aromatic rings. The van der Waals surface area contributed by atoms with Gasteiger partial charge in [0.1, 0.15) is 5.82 Å². The monoisotopic (exact) mass is 210 g/mol. The zero-order valence-electron chi connectivity index (χ0n) is 7.16. The second-order valence-corrected chi connectivity index (χ2v) is 3.83. The number of carboxylic acid groups (broad SMARTS) is 1. The number of benzene rings is 1. The van der Waals surface area contributed by atoms with Crippen molar-refractivity contribution in [3.63, 3.8) is 0 Å². The highest BCUT2D eigenvalue weighted by molar-refractivity contribution is 7.17. The predicted octanol–water partition coefficient (Wildman–Crippen LogP) is 2.67. The Morgan fingerprint density at radius 2 is 2.29 bits per heavy atom. The lowest BCUT2D eigenvalue weighted by Gasteiger charge is -1.94.